The van der Waals surface area contributed by atoms with Crippen LogP contribution in [0.2, 0.25) is 20.1 Å². The largest absolute Gasteiger partial charge is 0.492 e. The van der Waals surface area contributed by atoms with E-state index in [-0.39, 0.29) is 13.2 Å². The fraction of sp³-hybridized carbons (Fsp3) is 0.438. The van der Waals surface area contributed by atoms with E-state index >= 15 is 0 Å². The normalized spacial score (nSPS) is 10.6. The number of hydrogen-bond acceptors (Lipinski definition) is 16. The van der Waals surface area contributed by atoms with Gasteiger partial charge in [-0.3, -0.25) is 0 Å². The van der Waals surface area contributed by atoms with E-state index < -0.39 is 11.4 Å². The minimum absolute atomic E-state index is 0.0278. The Morgan fingerprint density at radius 1 is 0.370 bits per heavy atom. The van der Waals surface area contributed by atoms with E-state index in [9.17, 15) is 13.2 Å². The Balaban J connectivity index is 0.000000613. The summed E-state index contributed by atoms with van der Waals surface area (Å²) >= 11 is 45.3. The van der Waals surface area contributed by atoms with Crippen molar-refractivity contribution in [2.24, 2.45) is 20.6 Å². The summed E-state index contributed by atoms with van der Waals surface area (Å²) in [7, 11) is 0. The highest BCUT2D eigenvalue weighted by Gasteiger charge is 2.13. The number of oxime groups is 4. The van der Waals surface area contributed by atoms with Crippen molar-refractivity contribution in [2.45, 2.75) is 109 Å². The van der Waals surface area contributed by atoms with Crippen LogP contribution in [0, 0.1) is 27.7 Å². The number of benzene rings is 4. The zero-order chi connectivity index (χ0) is 69.0. The first-order valence-corrected chi connectivity index (χ1v) is 33.0. The van der Waals surface area contributed by atoms with Crippen LogP contribution in [-0.2, 0) is 19.4 Å². The molecule has 92 heavy (non-hydrogen) atoms. The molecule has 0 atom stereocenters. The summed E-state index contributed by atoms with van der Waals surface area (Å²) < 4.78 is 82.0. The molecule has 0 unspecified atom stereocenters. The summed E-state index contributed by atoms with van der Waals surface area (Å²) in [6.45, 7) is 26.9. The first kappa shape index (κ1) is 85.1. The van der Waals surface area contributed by atoms with Gasteiger partial charge in [0.2, 0.25) is 0 Å². The van der Waals surface area contributed by atoms with Gasteiger partial charge in [-0.2, -0.15) is 13.2 Å². The van der Waals surface area contributed by atoms with Crippen molar-refractivity contribution in [1.29, 1.82) is 0 Å². The van der Waals surface area contributed by atoms with Gasteiger partial charge in [0.25, 0.3) is 6.08 Å². The minimum atomic E-state index is -1.78. The predicted octanol–water partition coefficient (Wildman–Crippen LogP) is 21.8. The van der Waals surface area contributed by atoms with Gasteiger partial charge < -0.3 is 57.2 Å². The molecular formula is C64H80Br3Cl6F3N4O12. The highest BCUT2D eigenvalue weighted by Crippen LogP contribution is 2.37. The molecular weight excluding hydrogens is 1530 g/mol. The summed E-state index contributed by atoms with van der Waals surface area (Å²) in [5.74, 6) is 4.76. The SMILES string of the molecule is CC(C)=NOCCCOc1c(C)cc(OC/C=C(\Cl)Br)cc1Cl.CC(C)=NOCCCOc1c(C)cc(OC/C=C(\F)Cl)cc1Cl.CC(C)=NOCCCOc1c(C)cc(OCC=C(Br)Br)cc1Cl.CC(C)=NOCCCOc1c(C)cc(OCC=C(F)F)cc1Cl. The van der Waals surface area contributed by atoms with Gasteiger partial charge in [-0.25, -0.2) is 0 Å². The Kier molecular flexibility index (Phi) is 46.7. The fourth-order valence-electron chi connectivity index (χ4n) is 6.56. The molecule has 16 nitrogen and oxygen atoms in total. The molecule has 4 aromatic carbocycles. The van der Waals surface area contributed by atoms with Crippen LogP contribution in [0.15, 0.2) is 112 Å². The minimum Gasteiger partial charge on any atom is -0.492 e. The molecule has 0 aliphatic rings. The molecule has 0 aliphatic heterocycles. The van der Waals surface area contributed by atoms with E-state index in [0.29, 0.717) is 155 Å². The summed E-state index contributed by atoms with van der Waals surface area (Å²) in [5.41, 5.74) is 6.92. The van der Waals surface area contributed by atoms with Crippen LogP contribution in [0.1, 0.15) is 103 Å². The lowest BCUT2D eigenvalue weighted by Crippen LogP contribution is -2.04. The molecule has 0 heterocycles. The molecule has 0 bridgehead atoms. The van der Waals surface area contributed by atoms with E-state index in [1.54, 1.807) is 43.3 Å². The Labute approximate surface area is 594 Å². The van der Waals surface area contributed by atoms with Gasteiger partial charge in [-0.15, -0.1) is 0 Å². The summed E-state index contributed by atoms with van der Waals surface area (Å²) in [4.78, 5) is 20.4. The zero-order valence-electron chi connectivity index (χ0n) is 53.5. The number of ether oxygens (including phenoxy) is 8. The lowest BCUT2D eigenvalue weighted by atomic mass is 10.2. The average molecular weight is 1610 g/mol. The topological polar surface area (TPSA) is 160 Å². The molecule has 0 N–H and O–H groups in total. The molecule has 0 radical (unpaired) electrons. The summed E-state index contributed by atoms with van der Waals surface area (Å²) in [6.07, 6.45) is 6.38. The third-order valence-electron chi connectivity index (χ3n) is 10.3. The molecule has 0 fully saturated rings. The lowest BCUT2D eigenvalue weighted by Gasteiger charge is -2.13. The van der Waals surface area contributed by atoms with Crippen molar-refractivity contribution in [3.05, 3.63) is 134 Å². The van der Waals surface area contributed by atoms with Crippen molar-refractivity contribution in [3.63, 3.8) is 0 Å². The van der Waals surface area contributed by atoms with Gasteiger partial charge in [0.1, 0.15) is 98.9 Å². The van der Waals surface area contributed by atoms with Crippen LogP contribution in [0.5, 0.6) is 46.0 Å². The molecule has 4 rings (SSSR count). The standard InChI is InChI=1S/C16H20Br2ClNO3.C16H20BrCl2NO3.C16H20Cl2FNO3.C16H20ClF2NO3/c1-11(2)20-23-7-4-6-22-16-12(3)9-13(10-14(16)19)21-8-5-15(17)18;1-11(2)20-23-7-4-6-22-16-12(3)9-13(10-14(16)18)21-8-5-15(17)19;2*1-11(2)20-23-7-4-6-22-16-12(3)9-13(10-14(16)17)21-8-5-15(18)19/h4*5,9-10H,4,6-8H2,1-3H3/b;2*15-5-;. The van der Waals surface area contributed by atoms with Gasteiger partial charge in [-0.05, 0) is 190 Å². The molecule has 0 saturated carbocycles. The van der Waals surface area contributed by atoms with Gasteiger partial charge in [0.05, 0.1) is 76.7 Å². The van der Waals surface area contributed by atoms with Crippen molar-refractivity contribution in [2.75, 3.05) is 79.3 Å². The highest BCUT2D eigenvalue weighted by atomic mass is 79.9. The van der Waals surface area contributed by atoms with Crippen molar-refractivity contribution in [3.8, 4) is 46.0 Å². The maximum Gasteiger partial charge on any atom is 0.269 e. The Morgan fingerprint density at radius 2 is 0.620 bits per heavy atom. The quantitative estimate of drug-likeness (QED) is 0.0241. The number of nitrogens with zero attached hydrogens (tertiary/aromatic N) is 4. The third kappa shape index (κ3) is 42.4. The first-order chi connectivity index (χ1) is 43.6. The van der Waals surface area contributed by atoms with Crippen molar-refractivity contribution < 1.29 is 70.4 Å². The van der Waals surface area contributed by atoms with E-state index in [1.807, 2.05) is 94.4 Å². The van der Waals surface area contributed by atoms with Crippen LogP contribution in [0.3, 0.4) is 0 Å². The van der Waals surface area contributed by atoms with Crippen LogP contribution >= 0.6 is 117 Å². The molecule has 4 aromatic rings. The molecule has 0 amide bonds. The van der Waals surface area contributed by atoms with Gasteiger partial charge in [0, 0.05) is 62.1 Å². The van der Waals surface area contributed by atoms with Gasteiger partial charge >= 0.3 is 0 Å². The Hall–Kier alpha value is -4.91. The van der Waals surface area contributed by atoms with Gasteiger partial charge in [-0.1, -0.05) is 90.2 Å². The van der Waals surface area contributed by atoms with Crippen molar-refractivity contribution in [1.82, 2.24) is 0 Å². The second-order valence-corrected chi connectivity index (χ2v) is 26.2. The summed E-state index contributed by atoms with van der Waals surface area (Å²) in [5, 5.41) is 16.4. The lowest BCUT2D eigenvalue weighted by molar-refractivity contribution is 0.127. The molecule has 0 aromatic heterocycles. The van der Waals surface area contributed by atoms with E-state index in [2.05, 4.69) is 68.4 Å². The maximum atomic E-state index is 12.4. The van der Waals surface area contributed by atoms with Gasteiger partial charge in [0.15, 0.2) is 5.29 Å². The first-order valence-electron chi connectivity index (χ1n) is 28.4. The summed E-state index contributed by atoms with van der Waals surface area (Å²) in [6, 6.07) is 13.9. The monoisotopic (exact) mass is 1600 g/mol. The Morgan fingerprint density at radius 3 is 0.837 bits per heavy atom. The molecule has 0 spiro atoms. The predicted molar refractivity (Wildman–Crippen MR) is 380 cm³/mol. The second-order valence-electron chi connectivity index (χ2n) is 19.7. The zero-order valence-corrected chi connectivity index (χ0v) is 62.8. The fourth-order valence-corrected chi connectivity index (χ4v) is 8.32. The third-order valence-corrected chi connectivity index (χ3v) is 12.7. The van der Waals surface area contributed by atoms with E-state index in [4.69, 9.17) is 127 Å². The maximum absolute atomic E-state index is 12.4. The Bertz CT molecular complexity index is 2590. The number of aryl methyl sites for hydroxylation is 4. The van der Waals surface area contributed by atoms with Crippen LogP contribution < -0.4 is 37.9 Å². The average Bonchev–Trinajstić information content (AvgIpc) is 1.15. The van der Waals surface area contributed by atoms with E-state index in [1.165, 1.54) is 6.07 Å². The smallest absolute Gasteiger partial charge is 0.269 e. The molecule has 512 valence electrons. The highest BCUT2D eigenvalue weighted by molar-refractivity contribution is 9.28. The van der Waals surface area contributed by atoms with Crippen LogP contribution in [-0.4, -0.2) is 102 Å². The van der Waals surface area contributed by atoms with Crippen LogP contribution in [0.25, 0.3) is 0 Å². The van der Waals surface area contributed by atoms with E-state index in [0.717, 1.165) is 67.4 Å². The van der Waals surface area contributed by atoms with Crippen LogP contribution in [0.4, 0.5) is 13.2 Å². The molecule has 0 saturated heterocycles. The number of rotatable bonds is 36. The number of halogens is 12. The second kappa shape index (κ2) is 50.5. The molecule has 0 aliphatic carbocycles. The van der Waals surface area contributed by atoms with Crippen molar-refractivity contribution >= 4 is 140 Å². The number of hydrogen-bond donors (Lipinski definition) is 0. The molecule has 28 heteroatoms.